The molecule has 29 heavy (non-hydrogen) atoms. The highest BCUT2D eigenvalue weighted by Gasteiger charge is 2.06. The maximum absolute atomic E-state index is 12.2. The summed E-state index contributed by atoms with van der Waals surface area (Å²) < 4.78 is 5.80. The third-order valence-corrected chi connectivity index (χ3v) is 4.19. The van der Waals surface area contributed by atoms with Crippen molar-refractivity contribution in [3.05, 3.63) is 90.0 Å². The van der Waals surface area contributed by atoms with E-state index in [2.05, 4.69) is 16.0 Å². The molecule has 148 valence electrons. The van der Waals surface area contributed by atoms with Crippen LogP contribution in [0.3, 0.4) is 0 Å². The van der Waals surface area contributed by atoms with Gasteiger partial charge in [-0.3, -0.25) is 9.59 Å². The summed E-state index contributed by atoms with van der Waals surface area (Å²) in [6, 6.07) is 24.1. The van der Waals surface area contributed by atoms with Crippen molar-refractivity contribution in [2.75, 3.05) is 24.2 Å². The van der Waals surface area contributed by atoms with Gasteiger partial charge in [-0.1, -0.05) is 36.4 Å². The molecular weight excluding hydrogens is 366 g/mol. The first-order valence-corrected chi connectivity index (χ1v) is 9.27. The lowest BCUT2D eigenvalue weighted by Gasteiger charge is -2.11. The SMILES string of the molecule is CNC(=O)c1ccc(NC(=O)CNc2cccc(OCc3ccccc3)c2)cc1. The molecule has 6 heteroatoms. The second kappa shape index (κ2) is 9.94. The normalized spacial score (nSPS) is 10.1. The predicted molar refractivity (Wildman–Crippen MR) is 114 cm³/mol. The fraction of sp³-hybridized carbons (Fsp3) is 0.130. The van der Waals surface area contributed by atoms with Crippen molar-refractivity contribution in [2.24, 2.45) is 0 Å². The van der Waals surface area contributed by atoms with Crippen molar-refractivity contribution in [1.82, 2.24) is 5.32 Å². The molecule has 0 unspecified atom stereocenters. The zero-order chi connectivity index (χ0) is 20.5. The average molecular weight is 389 g/mol. The van der Waals surface area contributed by atoms with E-state index in [-0.39, 0.29) is 18.4 Å². The smallest absolute Gasteiger partial charge is 0.251 e. The minimum Gasteiger partial charge on any atom is -0.489 e. The predicted octanol–water partition coefficient (Wildman–Crippen LogP) is 3.68. The molecule has 3 aromatic rings. The Labute approximate surface area is 169 Å². The topological polar surface area (TPSA) is 79.5 Å². The van der Waals surface area contributed by atoms with Gasteiger partial charge in [0.15, 0.2) is 0 Å². The number of hydrogen-bond donors (Lipinski definition) is 3. The van der Waals surface area contributed by atoms with E-state index < -0.39 is 0 Å². The van der Waals surface area contributed by atoms with E-state index in [1.165, 1.54) is 0 Å². The zero-order valence-electron chi connectivity index (χ0n) is 16.1. The van der Waals surface area contributed by atoms with Crippen molar-refractivity contribution in [2.45, 2.75) is 6.61 Å². The molecule has 0 aliphatic heterocycles. The van der Waals surface area contributed by atoms with Gasteiger partial charge in [-0.2, -0.15) is 0 Å². The minimum atomic E-state index is -0.187. The summed E-state index contributed by atoms with van der Waals surface area (Å²) in [5.74, 6) is 0.372. The van der Waals surface area contributed by atoms with Crippen LogP contribution < -0.4 is 20.7 Å². The maximum atomic E-state index is 12.2. The Kier molecular flexibility index (Phi) is 6.84. The molecule has 0 aliphatic rings. The molecule has 0 radical (unpaired) electrons. The maximum Gasteiger partial charge on any atom is 0.251 e. The number of carbonyl (C=O) groups is 2. The molecule has 0 fully saturated rings. The van der Waals surface area contributed by atoms with E-state index in [4.69, 9.17) is 4.74 Å². The number of hydrogen-bond acceptors (Lipinski definition) is 4. The van der Waals surface area contributed by atoms with Gasteiger partial charge in [0.05, 0.1) is 6.54 Å². The Morgan fingerprint density at radius 1 is 0.862 bits per heavy atom. The molecule has 0 heterocycles. The van der Waals surface area contributed by atoms with Crippen LogP contribution in [0.15, 0.2) is 78.9 Å². The van der Waals surface area contributed by atoms with E-state index in [0.29, 0.717) is 17.9 Å². The fourth-order valence-corrected chi connectivity index (χ4v) is 2.67. The van der Waals surface area contributed by atoms with Crippen molar-refractivity contribution in [3.8, 4) is 5.75 Å². The molecule has 2 amide bonds. The summed E-state index contributed by atoms with van der Waals surface area (Å²) in [5.41, 5.74) is 3.05. The van der Waals surface area contributed by atoms with Gasteiger partial charge >= 0.3 is 0 Å². The summed E-state index contributed by atoms with van der Waals surface area (Å²) in [6.07, 6.45) is 0. The molecule has 0 spiro atoms. The van der Waals surface area contributed by atoms with Gasteiger partial charge < -0.3 is 20.7 Å². The van der Waals surface area contributed by atoms with Gasteiger partial charge in [-0.15, -0.1) is 0 Å². The molecule has 3 N–H and O–H groups in total. The Morgan fingerprint density at radius 3 is 2.34 bits per heavy atom. The second-order valence-corrected chi connectivity index (χ2v) is 6.36. The highest BCUT2D eigenvalue weighted by molar-refractivity contribution is 5.96. The number of amides is 2. The minimum absolute atomic E-state index is 0.110. The molecule has 6 nitrogen and oxygen atoms in total. The fourth-order valence-electron chi connectivity index (χ4n) is 2.67. The Bertz CT molecular complexity index is 957. The summed E-state index contributed by atoms with van der Waals surface area (Å²) in [6.45, 7) is 0.593. The number of ether oxygens (including phenoxy) is 1. The molecule has 0 saturated heterocycles. The van der Waals surface area contributed by atoms with Crippen molar-refractivity contribution in [1.29, 1.82) is 0 Å². The number of nitrogens with one attached hydrogen (secondary N) is 3. The van der Waals surface area contributed by atoms with Crippen molar-refractivity contribution < 1.29 is 14.3 Å². The molecule has 0 aliphatic carbocycles. The summed E-state index contributed by atoms with van der Waals surface area (Å²) >= 11 is 0. The molecule has 3 rings (SSSR count). The number of benzene rings is 3. The molecule has 0 bridgehead atoms. The highest BCUT2D eigenvalue weighted by Crippen LogP contribution is 2.18. The molecular formula is C23H23N3O3. The van der Waals surface area contributed by atoms with Gasteiger partial charge in [0.1, 0.15) is 12.4 Å². The molecule has 3 aromatic carbocycles. The first kappa shape index (κ1) is 19.9. The van der Waals surface area contributed by atoms with E-state index in [9.17, 15) is 9.59 Å². The van der Waals surface area contributed by atoms with Gasteiger partial charge in [-0.25, -0.2) is 0 Å². The Balaban J connectivity index is 1.49. The third kappa shape index (κ3) is 6.10. The number of carbonyl (C=O) groups excluding carboxylic acids is 2. The quantitative estimate of drug-likeness (QED) is 0.549. The van der Waals surface area contributed by atoms with Crippen LogP contribution in [-0.2, 0) is 11.4 Å². The molecule has 0 saturated carbocycles. The summed E-state index contributed by atoms with van der Waals surface area (Å²) in [5, 5.41) is 8.44. The van der Waals surface area contributed by atoms with E-state index in [1.54, 1.807) is 31.3 Å². The van der Waals surface area contributed by atoms with E-state index >= 15 is 0 Å². The molecule has 0 atom stereocenters. The second-order valence-electron chi connectivity index (χ2n) is 6.36. The van der Waals surface area contributed by atoms with Crippen LogP contribution in [0.4, 0.5) is 11.4 Å². The van der Waals surface area contributed by atoms with Gasteiger partial charge in [0.25, 0.3) is 5.91 Å². The number of rotatable bonds is 8. The average Bonchev–Trinajstić information content (AvgIpc) is 2.77. The van der Waals surface area contributed by atoms with Crippen LogP contribution in [0.5, 0.6) is 5.75 Å². The van der Waals surface area contributed by atoms with E-state index in [1.807, 2.05) is 54.6 Å². The third-order valence-electron chi connectivity index (χ3n) is 4.19. The van der Waals surface area contributed by atoms with E-state index in [0.717, 1.165) is 17.0 Å². The van der Waals surface area contributed by atoms with Crippen LogP contribution >= 0.6 is 0 Å². The largest absolute Gasteiger partial charge is 0.489 e. The van der Waals surface area contributed by atoms with Crippen LogP contribution in [0.2, 0.25) is 0 Å². The van der Waals surface area contributed by atoms with Gasteiger partial charge in [0.2, 0.25) is 5.91 Å². The lowest BCUT2D eigenvalue weighted by atomic mass is 10.2. The first-order valence-electron chi connectivity index (χ1n) is 9.27. The van der Waals surface area contributed by atoms with Crippen LogP contribution in [-0.4, -0.2) is 25.4 Å². The van der Waals surface area contributed by atoms with Gasteiger partial charge in [-0.05, 0) is 42.0 Å². The van der Waals surface area contributed by atoms with Crippen molar-refractivity contribution in [3.63, 3.8) is 0 Å². The number of anilines is 2. The highest BCUT2D eigenvalue weighted by atomic mass is 16.5. The van der Waals surface area contributed by atoms with Gasteiger partial charge in [0, 0.05) is 30.1 Å². The Hall–Kier alpha value is -3.80. The van der Waals surface area contributed by atoms with Crippen LogP contribution in [0.1, 0.15) is 15.9 Å². The lowest BCUT2D eigenvalue weighted by molar-refractivity contribution is -0.114. The zero-order valence-corrected chi connectivity index (χ0v) is 16.1. The molecule has 0 aromatic heterocycles. The van der Waals surface area contributed by atoms with Crippen LogP contribution in [0.25, 0.3) is 0 Å². The Morgan fingerprint density at radius 2 is 1.62 bits per heavy atom. The van der Waals surface area contributed by atoms with Crippen LogP contribution in [0, 0.1) is 0 Å². The standard InChI is InChI=1S/C23H23N3O3/c1-24-23(28)18-10-12-19(13-11-18)26-22(27)15-25-20-8-5-9-21(14-20)29-16-17-6-3-2-4-7-17/h2-14,25H,15-16H2,1H3,(H,24,28)(H,26,27). The van der Waals surface area contributed by atoms with Crippen molar-refractivity contribution >= 4 is 23.2 Å². The summed E-state index contributed by atoms with van der Waals surface area (Å²) in [7, 11) is 1.57. The summed E-state index contributed by atoms with van der Waals surface area (Å²) in [4.78, 5) is 23.7. The first-order chi connectivity index (χ1) is 14.1. The lowest BCUT2D eigenvalue weighted by Crippen LogP contribution is -2.22. The monoisotopic (exact) mass is 389 g/mol.